The minimum atomic E-state index is 0.903. The topological polar surface area (TPSA) is 105 Å². The van der Waals surface area contributed by atoms with E-state index in [-0.39, 0.29) is 0 Å². The molecule has 0 saturated carbocycles. The van der Waals surface area contributed by atoms with Crippen molar-refractivity contribution in [3.05, 3.63) is 377 Å². The second kappa shape index (κ2) is 25.8. The first-order valence-corrected chi connectivity index (χ1v) is 37.4. The molecule has 0 unspecified atom stereocenters. The molecule has 0 amide bonds. The van der Waals surface area contributed by atoms with Crippen molar-refractivity contribution in [2.75, 3.05) is 0 Å². The summed E-state index contributed by atoms with van der Waals surface area (Å²) in [5.74, 6) is 0. The Labute approximate surface area is 635 Å². The Balaban J connectivity index is 0.000000102. The number of para-hydroxylation sites is 6. The largest absolute Gasteiger partial charge is 0.309 e. The summed E-state index contributed by atoms with van der Waals surface area (Å²) in [5, 5.41) is 21.6. The highest BCUT2D eigenvalue weighted by atomic mass is 15.0. The molecule has 24 rings (SSSR count). The number of fused-ring (bicyclic) bond motifs is 27. The summed E-state index contributed by atoms with van der Waals surface area (Å²) >= 11 is 0. The SMILES string of the molecule is c1cc(-c2cccc3cccnc23)cc(-n2c3ccccc3c3c4ccccc4c4ncccc4c32)c1.c1ccc2ncc(-c3ccc(-n4c5ccccc5c5c6ccccc6c6ncccc6c54)cc3)cc2c1.c1ccc2ncc(-c3ccc(-n4c5ccccc5c5c6ccccc6c6ncccc6c54)cn3)cc2c1. The third kappa shape index (κ3) is 10.2. The van der Waals surface area contributed by atoms with Crippen molar-refractivity contribution in [1.29, 1.82) is 0 Å². The van der Waals surface area contributed by atoms with E-state index in [0.717, 1.165) is 127 Å². The molecule has 10 heterocycles. The maximum atomic E-state index is 4.89. The van der Waals surface area contributed by atoms with E-state index >= 15 is 0 Å². The molecule has 111 heavy (non-hydrogen) atoms. The third-order valence-corrected chi connectivity index (χ3v) is 22.2. The van der Waals surface area contributed by atoms with Gasteiger partial charge in [-0.15, -0.1) is 0 Å². The Morgan fingerprint density at radius 1 is 0.198 bits per heavy atom. The molecule has 0 fully saturated rings. The number of pyridine rings is 7. The zero-order chi connectivity index (χ0) is 73.0. The Hall–Kier alpha value is -15.1. The molecule has 0 N–H and O–H groups in total. The molecule has 0 radical (unpaired) electrons. The van der Waals surface area contributed by atoms with Gasteiger partial charge in [0.2, 0.25) is 0 Å². The van der Waals surface area contributed by atoms with E-state index in [1.165, 1.54) is 86.7 Å². The molecule has 0 aliphatic carbocycles. The van der Waals surface area contributed by atoms with Crippen LogP contribution in [-0.4, -0.2) is 48.6 Å². The van der Waals surface area contributed by atoms with Crippen LogP contribution in [0.15, 0.2) is 377 Å². The van der Waals surface area contributed by atoms with Crippen LogP contribution in [0.2, 0.25) is 0 Å². The fourth-order valence-electron chi connectivity index (χ4n) is 17.3. The Morgan fingerprint density at radius 3 is 1.10 bits per heavy atom. The summed E-state index contributed by atoms with van der Waals surface area (Å²) in [6.45, 7) is 0. The molecule has 0 atom stereocenters. The molecule has 10 heteroatoms. The second-order valence-corrected chi connectivity index (χ2v) is 28.3. The summed E-state index contributed by atoms with van der Waals surface area (Å²) < 4.78 is 7.13. The van der Waals surface area contributed by atoms with E-state index in [0.29, 0.717) is 0 Å². The quantitative estimate of drug-likeness (QED) is 0.153. The van der Waals surface area contributed by atoms with Crippen LogP contribution in [0.4, 0.5) is 0 Å². The highest BCUT2D eigenvalue weighted by Crippen LogP contribution is 2.46. The molecule has 10 nitrogen and oxygen atoms in total. The van der Waals surface area contributed by atoms with E-state index in [1.54, 1.807) is 0 Å². The van der Waals surface area contributed by atoms with E-state index in [4.69, 9.17) is 24.9 Å². The summed E-state index contributed by atoms with van der Waals surface area (Å²) in [6, 6.07) is 118. The van der Waals surface area contributed by atoms with Gasteiger partial charge < -0.3 is 13.7 Å². The number of hydrogen-bond acceptors (Lipinski definition) is 7. The molecule has 0 bridgehead atoms. The van der Waals surface area contributed by atoms with Crippen molar-refractivity contribution < 1.29 is 0 Å². The van der Waals surface area contributed by atoms with Gasteiger partial charge in [0.05, 0.1) is 83.8 Å². The van der Waals surface area contributed by atoms with Crippen molar-refractivity contribution in [1.82, 2.24) is 48.6 Å². The van der Waals surface area contributed by atoms with Crippen LogP contribution >= 0.6 is 0 Å². The van der Waals surface area contributed by atoms with Gasteiger partial charge in [-0.05, 0) is 149 Å². The minimum absolute atomic E-state index is 0.903. The zero-order valence-electron chi connectivity index (χ0n) is 59.8. The Morgan fingerprint density at radius 2 is 0.586 bits per heavy atom. The third-order valence-electron chi connectivity index (χ3n) is 22.2. The van der Waals surface area contributed by atoms with Gasteiger partial charge in [0.1, 0.15) is 0 Å². The summed E-state index contributed by atoms with van der Waals surface area (Å²) in [7, 11) is 0. The smallest absolute Gasteiger partial charge is 0.0801 e. The van der Waals surface area contributed by atoms with Crippen molar-refractivity contribution in [2.24, 2.45) is 0 Å². The van der Waals surface area contributed by atoms with Gasteiger partial charge >= 0.3 is 0 Å². The van der Waals surface area contributed by atoms with Crippen molar-refractivity contribution in [3.8, 4) is 50.6 Å². The van der Waals surface area contributed by atoms with Crippen LogP contribution < -0.4 is 0 Å². The Bertz CT molecular complexity index is 7600. The van der Waals surface area contributed by atoms with Crippen LogP contribution in [0.25, 0.3) is 214 Å². The lowest BCUT2D eigenvalue weighted by Crippen LogP contribution is -1.97. The summed E-state index contributed by atoms with van der Waals surface area (Å²) in [5.41, 5.74) is 22.9. The van der Waals surface area contributed by atoms with Crippen LogP contribution in [-0.2, 0) is 0 Å². The number of hydrogen-bond donors (Lipinski definition) is 0. The summed E-state index contributed by atoms with van der Waals surface area (Å²) in [4.78, 5) is 33.4. The average molecular weight is 1420 g/mol. The molecule has 0 saturated heterocycles. The van der Waals surface area contributed by atoms with Gasteiger partial charge in [-0.1, -0.05) is 212 Å². The predicted octanol–water partition coefficient (Wildman–Crippen LogP) is 25.5. The molecular formula is C101H62N10. The highest BCUT2D eigenvalue weighted by Gasteiger charge is 2.24. The standard InChI is InChI=1S/2C34H21N3.C33H20N4/c1-5-13-30-23(8-1)20-24(21-36-30)22-15-17-25(18-16-22)37-31-14-6-4-11-28(31)32-26-9-2-3-10-27(26)33-29(34(32)37)12-7-19-35-33;1-2-14-27-26(13-1)31-28-15-3-4-18-30(28)37(34(31)29-17-8-20-36-33(27)29)24-12-5-10-23(21-24)25-16-6-9-22-11-7-19-35-32(22)25;1-5-13-28-21(8-1)18-22(19-35-28)29-16-15-23(20-36-29)37-30-14-6-4-11-26(30)31-24-9-2-3-10-25(24)32-27(33(31)37)12-7-17-34-32/h2*1-21H;1-20H. The number of aromatic nitrogens is 10. The average Bonchev–Trinajstić information content (AvgIpc) is 1.58. The summed E-state index contributed by atoms with van der Waals surface area (Å²) in [6.07, 6.45) is 13.4. The van der Waals surface area contributed by atoms with Gasteiger partial charge in [0.25, 0.3) is 0 Å². The maximum absolute atomic E-state index is 4.89. The van der Waals surface area contributed by atoms with Gasteiger partial charge in [-0.25, -0.2) is 0 Å². The lowest BCUT2D eigenvalue weighted by atomic mass is 9.99. The molecule has 14 aromatic carbocycles. The fourth-order valence-corrected chi connectivity index (χ4v) is 17.3. The first-order valence-electron chi connectivity index (χ1n) is 37.4. The zero-order valence-corrected chi connectivity index (χ0v) is 59.8. The van der Waals surface area contributed by atoms with Gasteiger partial charge in [0, 0.05) is 146 Å². The molecule has 0 spiro atoms. The molecule has 0 aliphatic heterocycles. The van der Waals surface area contributed by atoms with Crippen molar-refractivity contribution in [3.63, 3.8) is 0 Å². The predicted molar refractivity (Wildman–Crippen MR) is 461 cm³/mol. The van der Waals surface area contributed by atoms with Crippen LogP contribution in [0.5, 0.6) is 0 Å². The van der Waals surface area contributed by atoms with E-state index in [9.17, 15) is 0 Å². The minimum Gasteiger partial charge on any atom is -0.309 e. The molecule has 24 aromatic rings. The first kappa shape index (κ1) is 63.2. The van der Waals surface area contributed by atoms with E-state index in [1.807, 2.05) is 98.0 Å². The second-order valence-electron chi connectivity index (χ2n) is 28.3. The lowest BCUT2D eigenvalue weighted by molar-refractivity contribution is 1.15. The van der Waals surface area contributed by atoms with E-state index < -0.39 is 0 Å². The normalized spacial score (nSPS) is 11.8. The van der Waals surface area contributed by atoms with Crippen molar-refractivity contribution >= 4 is 163 Å². The fraction of sp³-hybridized carbons (Fsp3) is 0. The number of nitrogens with zero attached hydrogens (tertiary/aromatic N) is 10. The van der Waals surface area contributed by atoms with Crippen LogP contribution in [0.3, 0.4) is 0 Å². The van der Waals surface area contributed by atoms with E-state index in [2.05, 4.69) is 303 Å². The maximum Gasteiger partial charge on any atom is 0.0801 e. The number of benzene rings is 14. The van der Waals surface area contributed by atoms with Gasteiger partial charge in [-0.2, -0.15) is 0 Å². The van der Waals surface area contributed by atoms with Crippen LogP contribution in [0.1, 0.15) is 0 Å². The van der Waals surface area contributed by atoms with Gasteiger partial charge in [-0.3, -0.25) is 34.9 Å². The van der Waals surface area contributed by atoms with Crippen molar-refractivity contribution in [2.45, 2.75) is 0 Å². The number of rotatable bonds is 6. The van der Waals surface area contributed by atoms with Gasteiger partial charge in [0.15, 0.2) is 0 Å². The monoisotopic (exact) mass is 1410 g/mol. The lowest BCUT2D eigenvalue weighted by Gasteiger charge is -2.13. The molecule has 0 aliphatic rings. The molecular weight excluding hydrogens is 1350 g/mol. The van der Waals surface area contributed by atoms with Crippen LogP contribution in [0, 0.1) is 0 Å². The Kier molecular flexibility index (Phi) is 14.7. The molecule has 10 aromatic heterocycles. The highest BCUT2D eigenvalue weighted by molar-refractivity contribution is 6.34. The molecule has 516 valence electrons. The first-order chi connectivity index (χ1) is 55.1.